The van der Waals surface area contributed by atoms with Gasteiger partial charge in [0.1, 0.15) is 10.7 Å². The first kappa shape index (κ1) is 31.4. The summed E-state index contributed by atoms with van der Waals surface area (Å²) in [5.74, 6) is -1.35. The van der Waals surface area contributed by atoms with Crippen molar-refractivity contribution in [3.8, 4) is 11.7 Å². The monoisotopic (exact) mass is 649 g/mol. The number of anilines is 1. The second-order valence-corrected chi connectivity index (χ2v) is 14.7. The van der Waals surface area contributed by atoms with Crippen LogP contribution >= 0.6 is 0 Å². The molecule has 2 fully saturated rings. The number of fused-ring (bicyclic) bond motifs is 6. The first-order valence-corrected chi connectivity index (χ1v) is 16.8. The van der Waals surface area contributed by atoms with Crippen LogP contribution in [0.4, 0.5) is 19.0 Å². The molecule has 0 spiro atoms. The number of halogens is 3. The quantitative estimate of drug-likeness (QED) is 0.394. The summed E-state index contributed by atoms with van der Waals surface area (Å²) in [5.41, 5.74) is 0.0261. The van der Waals surface area contributed by atoms with Crippen LogP contribution in [0.5, 0.6) is 5.88 Å². The third-order valence-electron chi connectivity index (χ3n) is 9.08. The second kappa shape index (κ2) is 11.6. The lowest BCUT2D eigenvalue weighted by Crippen LogP contribution is -2.41. The zero-order valence-electron chi connectivity index (χ0n) is 25.5. The van der Waals surface area contributed by atoms with Gasteiger partial charge in [0.05, 0.1) is 23.8 Å². The fraction of sp³-hybridized carbons (Fsp3) is 0.600. The Bertz CT molecular complexity index is 1680. The van der Waals surface area contributed by atoms with Gasteiger partial charge in [0.25, 0.3) is 15.9 Å². The molecule has 244 valence electrons. The zero-order chi connectivity index (χ0) is 32.1. The first-order valence-electron chi connectivity index (χ1n) is 15.4. The summed E-state index contributed by atoms with van der Waals surface area (Å²) in [7, 11) is -4.22. The number of aryl methyl sites for hydroxylation is 2. The third-order valence-corrected chi connectivity index (χ3v) is 10.5. The van der Waals surface area contributed by atoms with E-state index in [1.165, 1.54) is 16.9 Å². The molecule has 2 atom stereocenters. The van der Waals surface area contributed by atoms with Crippen molar-refractivity contribution in [2.24, 2.45) is 17.8 Å². The summed E-state index contributed by atoms with van der Waals surface area (Å²) in [5, 5.41) is 8.72. The molecule has 3 aromatic rings. The van der Waals surface area contributed by atoms with Crippen LogP contribution in [0.25, 0.3) is 5.82 Å². The Balaban J connectivity index is 1.29. The van der Waals surface area contributed by atoms with Crippen molar-refractivity contribution in [1.29, 1.82) is 0 Å². The highest BCUT2D eigenvalue weighted by Crippen LogP contribution is 2.47. The lowest BCUT2D eigenvalue weighted by Gasteiger charge is -2.34. The highest BCUT2D eigenvalue weighted by molar-refractivity contribution is 7.90. The number of rotatable bonds is 6. The molecule has 6 rings (SSSR count). The molecule has 45 heavy (non-hydrogen) atoms. The van der Waals surface area contributed by atoms with Gasteiger partial charge in [0.15, 0.2) is 5.82 Å². The van der Waals surface area contributed by atoms with Gasteiger partial charge in [0.2, 0.25) is 5.88 Å². The number of hydrogen-bond acceptors (Lipinski definition) is 8. The average Bonchev–Trinajstić information content (AvgIpc) is 3.39. The van der Waals surface area contributed by atoms with Crippen LogP contribution in [-0.2, 0) is 16.6 Å². The first-order chi connectivity index (χ1) is 21.2. The van der Waals surface area contributed by atoms with E-state index >= 15 is 0 Å². The van der Waals surface area contributed by atoms with E-state index in [1.807, 2.05) is 0 Å². The molecule has 2 aliphatic heterocycles. The molecular formula is C30H38F3N7O4S. The SMILES string of the molecule is Cc1nn2cc1S(=O)(=O)NC(=O)c1ccc(-n3ccc(OCCC(C4CC4)C(F)(F)F)n3)nc1N1CC(CCCC2)CC1(C)C. The molecule has 15 heteroatoms. The number of sulfonamides is 1. The van der Waals surface area contributed by atoms with Crippen LogP contribution in [0.2, 0.25) is 0 Å². The lowest BCUT2D eigenvalue weighted by atomic mass is 9.93. The summed E-state index contributed by atoms with van der Waals surface area (Å²) in [6, 6.07) is 4.62. The molecule has 1 N–H and O–H groups in total. The predicted octanol–water partition coefficient (Wildman–Crippen LogP) is 5.04. The van der Waals surface area contributed by atoms with Gasteiger partial charge in [-0.05, 0) is 83.3 Å². The van der Waals surface area contributed by atoms with E-state index in [0.717, 1.165) is 25.7 Å². The normalized spacial score (nSPS) is 22.2. The van der Waals surface area contributed by atoms with Crippen LogP contribution < -0.4 is 14.4 Å². The van der Waals surface area contributed by atoms with Crippen molar-refractivity contribution in [2.75, 3.05) is 18.1 Å². The Morgan fingerprint density at radius 2 is 1.91 bits per heavy atom. The fourth-order valence-electron chi connectivity index (χ4n) is 6.69. The number of carbonyl (C=O) groups is 1. The van der Waals surface area contributed by atoms with E-state index in [-0.39, 0.29) is 40.8 Å². The maximum atomic E-state index is 13.6. The molecule has 2 unspecified atom stereocenters. The van der Waals surface area contributed by atoms with Crippen molar-refractivity contribution < 1.29 is 31.1 Å². The molecule has 0 radical (unpaired) electrons. The Morgan fingerprint density at radius 3 is 2.64 bits per heavy atom. The number of amides is 1. The van der Waals surface area contributed by atoms with Crippen LogP contribution in [0.3, 0.4) is 0 Å². The Kier molecular flexibility index (Phi) is 8.11. The standard InChI is InChI=1S/C30H38F3N7O4S/c1-19-24-18-38(35-19)13-5-4-6-20-16-29(2,3)39(17-20)27-22(28(41)37-45(24,42)43)9-10-25(34-27)40-14-11-26(36-40)44-15-12-23(21-7-8-21)30(31,32)33/h9-11,14,18,20-21,23H,4-8,12-13,15-17H2,1-3H3,(H,37,41). The van der Waals surface area contributed by atoms with E-state index < -0.39 is 28.0 Å². The minimum absolute atomic E-state index is 0.0539. The van der Waals surface area contributed by atoms with Gasteiger partial charge in [-0.2, -0.15) is 18.3 Å². The van der Waals surface area contributed by atoms with Crippen molar-refractivity contribution in [2.45, 2.75) is 88.9 Å². The number of pyridine rings is 1. The largest absolute Gasteiger partial charge is 0.477 e. The summed E-state index contributed by atoms with van der Waals surface area (Å²) in [6.07, 6.45) is 3.43. The highest BCUT2D eigenvalue weighted by Gasteiger charge is 2.48. The Labute approximate surface area is 260 Å². The molecular weight excluding hydrogens is 611 g/mol. The van der Waals surface area contributed by atoms with Gasteiger partial charge < -0.3 is 9.64 Å². The van der Waals surface area contributed by atoms with E-state index in [4.69, 9.17) is 9.72 Å². The molecule has 1 amide bonds. The minimum atomic E-state index is -4.25. The molecule has 4 bridgehead atoms. The lowest BCUT2D eigenvalue weighted by molar-refractivity contribution is -0.183. The molecule has 3 aliphatic rings. The predicted molar refractivity (Wildman–Crippen MR) is 159 cm³/mol. The maximum Gasteiger partial charge on any atom is 0.392 e. The molecule has 1 saturated carbocycles. The number of alkyl halides is 3. The number of hydrogen-bond donors (Lipinski definition) is 1. The van der Waals surface area contributed by atoms with Gasteiger partial charge in [-0.25, -0.2) is 22.8 Å². The molecule has 1 aliphatic carbocycles. The van der Waals surface area contributed by atoms with E-state index in [0.29, 0.717) is 49.2 Å². The summed E-state index contributed by atoms with van der Waals surface area (Å²) < 4.78 is 77.6. The molecule has 11 nitrogen and oxygen atoms in total. The van der Waals surface area contributed by atoms with Crippen molar-refractivity contribution in [1.82, 2.24) is 29.3 Å². The van der Waals surface area contributed by atoms with E-state index in [1.54, 1.807) is 29.9 Å². The fourth-order valence-corrected chi connectivity index (χ4v) is 7.84. The van der Waals surface area contributed by atoms with Gasteiger partial charge >= 0.3 is 6.18 Å². The second-order valence-electron chi connectivity index (χ2n) is 13.0. The summed E-state index contributed by atoms with van der Waals surface area (Å²) in [6.45, 7) is 6.84. The highest BCUT2D eigenvalue weighted by atomic mass is 32.2. The molecule has 5 heterocycles. The maximum absolute atomic E-state index is 13.6. The van der Waals surface area contributed by atoms with Gasteiger partial charge in [-0.3, -0.25) is 9.48 Å². The zero-order valence-corrected chi connectivity index (χ0v) is 26.4. The third kappa shape index (κ3) is 6.68. The Hall–Kier alpha value is -3.62. The van der Waals surface area contributed by atoms with Gasteiger partial charge in [-0.15, -0.1) is 5.10 Å². The number of carbonyl (C=O) groups excluding carboxylic acids is 1. The number of nitrogens with zero attached hydrogens (tertiary/aromatic N) is 6. The molecule has 3 aromatic heterocycles. The summed E-state index contributed by atoms with van der Waals surface area (Å²) in [4.78, 5) is 20.4. The van der Waals surface area contributed by atoms with Crippen LogP contribution in [0.1, 0.15) is 74.8 Å². The smallest absolute Gasteiger partial charge is 0.392 e. The van der Waals surface area contributed by atoms with Crippen molar-refractivity contribution in [3.63, 3.8) is 0 Å². The van der Waals surface area contributed by atoms with Crippen molar-refractivity contribution in [3.05, 3.63) is 41.9 Å². The molecule has 0 aromatic carbocycles. The van der Waals surface area contributed by atoms with E-state index in [9.17, 15) is 26.4 Å². The average molecular weight is 650 g/mol. The van der Waals surface area contributed by atoms with Gasteiger partial charge in [0, 0.05) is 37.1 Å². The molecule has 1 saturated heterocycles. The number of aromatic nitrogens is 5. The van der Waals surface area contributed by atoms with Crippen LogP contribution in [0.15, 0.2) is 35.5 Å². The number of nitrogens with one attached hydrogen (secondary N) is 1. The topological polar surface area (TPSA) is 124 Å². The van der Waals surface area contributed by atoms with Crippen molar-refractivity contribution >= 4 is 21.7 Å². The van der Waals surface area contributed by atoms with Gasteiger partial charge in [-0.1, -0.05) is 6.42 Å². The van der Waals surface area contributed by atoms with E-state index in [2.05, 4.69) is 33.7 Å². The Morgan fingerprint density at radius 1 is 1.13 bits per heavy atom. The number of ether oxygens (including phenoxy) is 1. The van der Waals surface area contributed by atoms with Crippen LogP contribution in [-0.4, -0.2) is 63.7 Å². The van der Waals surface area contributed by atoms with Crippen LogP contribution in [0, 0.1) is 24.7 Å². The summed E-state index contributed by atoms with van der Waals surface area (Å²) >= 11 is 0. The minimum Gasteiger partial charge on any atom is -0.477 e.